The molecule has 1 aromatic carbocycles. The summed E-state index contributed by atoms with van der Waals surface area (Å²) in [4.78, 5) is 2.59. The number of benzene rings is 1. The fourth-order valence-corrected chi connectivity index (χ4v) is 3.90. The summed E-state index contributed by atoms with van der Waals surface area (Å²) in [5.74, 6) is 1.51. The molecule has 3 aliphatic heterocycles. The van der Waals surface area contributed by atoms with Gasteiger partial charge in [0.1, 0.15) is 0 Å². The third kappa shape index (κ3) is 1.97. The van der Waals surface area contributed by atoms with Crippen molar-refractivity contribution in [2.24, 2.45) is 11.8 Å². The van der Waals surface area contributed by atoms with Gasteiger partial charge in [-0.25, -0.2) is 0 Å². The van der Waals surface area contributed by atoms with Crippen LogP contribution in [0.2, 0.25) is 0 Å². The van der Waals surface area contributed by atoms with Gasteiger partial charge in [0, 0.05) is 17.5 Å². The molecule has 1 unspecified atom stereocenters. The molecule has 0 saturated carbocycles. The highest BCUT2D eigenvalue weighted by Gasteiger charge is 2.35. The van der Waals surface area contributed by atoms with Gasteiger partial charge in [-0.2, -0.15) is 0 Å². The molecule has 2 bridgehead atoms. The Kier molecular flexibility index (Phi) is 2.88. The molecular formula is C17H20N2O. The number of nitrogens with zero attached hydrogens (tertiary/aromatic N) is 2. The molecule has 2 aromatic rings. The van der Waals surface area contributed by atoms with Crippen LogP contribution in [0.5, 0.6) is 0 Å². The quantitative estimate of drug-likeness (QED) is 0.800. The molecule has 3 saturated heterocycles. The lowest BCUT2D eigenvalue weighted by atomic mass is 9.74. The van der Waals surface area contributed by atoms with Crippen LogP contribution in [0.3, 0.4) is 0 Å². The van der Waals surface area contributed by atoms with Crippen LogP contribution in [-0.4, -0.2) is 29.7 Å². The van der Waals surface area contributed by atoms with Crippen molar-refractivity contribution in [1.29, 1.82) is 0 Å². The molecule has 20 heavy (non-hydrogen) atoms. The summed E-state index contributed by atoms with van der Waals surface area (Å²) in [5.41, 5.74) is 3.51. The average Bonchev–Trinajstić information content (AvgIpc) is 2.98. The van der Waals surface area contributed by atoms with Crippen molar-refractivity contribution < 1.29 is 4.52 Å². The normalized spacial score (nSPS) is 28.9. The Morgan fingerprint density at radius 2 is 2.20 bits per heavy atom. The van der Waals surface area contributed by atoms with Gasteiger partial charge in [-0.05, 0) is 50.3 Å². The molecule has 1 atom stereocenters. The average molecular weight is 268 g/mol. The predicted octanol–water partition coefficient (Wildman–Crippen LogP) is 3.27. The van der Waals surface area contributed by atoms with Crippen molar-refractivity contribution in [3.8, 4) is 0 Å². The summed E-state index contributed by atoms with van der Waals surface area (Å²) in [7, 11) is 0. The molecule has 0 N–H and O–H groups in total. The van der Waals surface area contributed by atoms with Crippen LogP contribution in [-0.2, 0) is 6.42 Å². The first-order chi connectivity index (χ1) is 9.81. The van der Waals surface area contributed by atoms with Gasteiger partial charge in [-0.3, -0.25) is 0 Å². The highest BCUT2D eigenvalue weighted by atomic mass is 16.5. The molecule has 0 spiro atoms. The minimum absolute atomic E-state index is 0.663. The van der Waals surface area contributed by atoms with Crippen molar-refractivity contribution in [3.05, 3.63) is 42.1 Å². The minimum Gasteiger partial charge on any atom is -0.356 e. The van der Waals surface area contributed by atoms with E-state index in [1.807, 2.05) is 6.07 Å². The van der Waals surface area contributed by atoms with Gasteiger partial charge in [0.05, 0.1) is 6.20 Å². The predicted molar refractivity (Wildman–Crippen MR) is 79.5 cm³/mol. The van der Waals surface area contributed by atoms with Crippen molar-refractivity contribution in [2.75, 3.05) is 19.6 Å². The maximum absolute atomic E-state index is 5.40. The maximum Gasteiger partial charge on any atom is 0.170 e. The topological polar surface area (TPSA) is 29.3 Å². The van der Waals surface area contributed by atoms with Crippen LogP contribution in [0.15, 0.2) is 41.1 Å². The Morgan fingerprint density at radius 3 is 2.95 bits per heavy atom. The SMILES string of the molecule is C=C(Cc1cccc2cnoc12)C1CN2CCC1CC2. The zero-order chi connectivity index (χ0) is 13.5. The summed E-state index contributed by atoms with van der Waals surface area (Å²) < 4.78 is 5.40. The van der Waals surface area contributed by atoms with E-state index in [0.29, 0.717) is 5.92 Å². The Hall–Kier alpha value is -1.61. The van der Waals surface area contributed by atoms with E-state index in [9.17, 15) is 0 Å². The fraction of sp³-hybridized carbons (Fsp3) is 0.471. The van der Waals surface area contributed by atoms with Crippen LogP contribution < -0.4 is 0 Å². The summed E-state index contributed by atoms with van der Waals surface area (Å²) in [6.45, 7) is 8.17. The number of piperidine rings is 3. The highest BCUT2D eigenvalue weighted by Crippen LogP contribution is 2.37. The van der Waals surface area contributed by atoms with Gasteiger partial charge in [-0.15, -0.1) is 0 Å². The Labute approximate surface area is 119 Å². The van der Waals surface area contributed by atoms with Gasteiger partial charge in [0.2, 0.25) is 0 Å². The number of hydrogen-bond donors (Lipinski definition) is 0. The van der Waals surface area contributed by atoms with Crippen LogP contribution in [0.1, 0.15) is 18.4 Å². The zero-order valence-electron chi connectivity index (χ0n) is 11.7. The van der Waals surface area contributed by atoms with Crippen LogP contribution in [0, 0.1) is 11.8 Å². The molecule has 1 aromatic heterocycles. The lowest BCUT2D eigenvalue weighted by molar-refractivity contribution is 0.0675. The molecule has 5 rings (SSSR count). The number of aromatic nitrogens is 1. The molecule has 0 aliphatic carbocycles. The molecule has 4 heterocycles. The summed E-state index contributed by atoms with van der Waals surface area (Å²) >= 11 is 0. The standard InChI is InChI=1S/C17H20N2O/c1-12(16-11-19-7-5-13(16)6-8-19)9-14-3-2-4-15-10-18-20-17(14)15/h2-4,10,13,16H,1,5-9,11H2. The van der Waals surface area contributed by atoms with Gasteiger partial charge < -0.3 is 9.42 Å². The first-order valence-corrected chi connectivity index (χ1v) is 7.53. The molecule has 3 nitrogen and oxygen atoms in total. The fourth-order valence-electron chi connectivity index (χ4n) is 3.90. The smallest absolute Gasteiger partial charge is 0.170 e. The summed E-state index contributed by atoms with van der Waals surface area (Å²) in [6.07, 6.45) is 5.39. The van der Waals surface area contributed by atoms with Gasteiger partial charge in [-0.1, -0.05) is 29.4 Å². The van der Waals surface area contributed by atoms with E-state index in [1.165, 1.54) is 43.6 Å². The number of hydrogen-bond acceptors (Lipinski definition) is 3. The molecule has 3 fully saturated rings. The Morgan fingerprint density at radius 1 is 1.35 bits per heavy atom. The summed E-state index contributed by atoms with van der Waals surface area (Å²) in [5, 5.41) is 4.99. The van der Waals surface area contributed by atoms with Crippen LogP contribution in [0.4, 0.5) is 0 Å². The third-order valence-electron chi connectivity index (χ3n) is 5.06. The molecule has 3 heteroatoms. The van der Waals surface area contributed by atoms with E-state index in [2.05, 4.69) is 28.8 Å². The van der Waals surface area contributed by atoms with E-state index in [4.69, 9.17) is 4.52 Å². The lowest BCUT2D eigenvalue weighted by Gasteiger charge is -2.45. The largest absolute Gasteiger partial charge is 0.356 e. The second-order valence-corrected chi connectivity index (χ2v) is 6.24. The molecule has 0 amide bonds. The number of para-hydroxylation sites is 1. The Balaban J connectivity index is 1.57. The van der Waals surface area contributed by atoms with E-state index in [0.717, 1.165) is 23.3 Å². The van der Waals surface area contributed by atoms with Crippen molar-refractivity contribution >= 4 is 11.0 Å². The number of rotatable bonds is 3. The van der Waals surface area contributed by atoms with E-state index < -0.39 is 0 Å². The van der Waals surface area contributed by atoms with Gasteiger partial charge >= 0.3 is 0 Å². The zero-order valence-corrected chi connectivity index (χ0v) is 11.7. The Bertz CT molecular complexity index is 637. The van der Waals surface area contributed by atoms with Crippen LogP contribution >= 0.6 is 0 Å². The molecule has 104 valence electrons. The van der Waals surface area contributed by atoms with Gasteiger partial charge in [0.25, 0.3) is 0 Å². The van der Waals surface area contributed by atoms with Crippen molar-refractivity contribution in [3.63, 3.8) is 0 Å². The van der Waals surface area contributed by atoms with E-state index in [1.54, 1.807) is 6.20 Å². The highest BCUT2D eigenvalue weighted by molar-refractivity contribution is 5.79. The first-order valence-electron chi connectivity index (χ1n) is 7.53. The monoisotopic (exact) mass is 268 g/mol. The first kappa shape index (κ1) is 12.2. The minimum atomic E-state index is 0.663. The third-order valence-corrected chi connectivity index (χ3v) is 5.06. The van der Waals surface area contributed by atoms with Crippen molar-refractivity contribution in [2.45, 2.75) is 19.3 Å². The number of fused-ring (bicyclic) bond motifs is 4. The van der Waals surface area contributed by atoms with Crippen LogP contribution in [0.25, 0.3) is 11.0 Å². The lowest BCUT2D eigenvalue weighted by Crippen LogP contribution is -2.48. The maximum atomic E-state index is 5.40. The van der Waals surface area contributed by atoms with E-state index >= 15 is 0 Å². The summed E-state index contributed by atoms with van der Waals surface area (Å²) in [6, 6.07) is 6.27. The van der Waals surface area contributed by atoms with Gasteiger partial charge in [0.15, 0.2) is 5.58 Å². The second-order valence-electron chi connectivity index (χ2n) is 6.24. The van der Waals surface area contributed by atoms with E-state index in [-0.39, 0.29) is 0 Å². The molecule has 0 radical (unpaired) electrons. The molecular weight excluding hydrogens is 248 g/mol. The second kappa shape index (κ2) is 4.74. The van der Waals surface area contributed by atoms with Crippen molar-refractivity contribution in [1.82, 2.24) is 10.1 Å². The molecule has 3 aliphatic rings.